The zero-order valence-corrected chi connectivity index (χ0v) is 12.8. The van der Waals surface area contributed by atoms with Crippen LogP contribution >= 0.6 is 23.4 Å². The van der Waals surface area contributed by atoms with Crippen molar-refractivity contribution in [2.75, 3.05) is 0 Å². The highest BCUT2D eigenvalue weighted by atomic mass is 35.5. The molecule has 1 heterocycles. The number of aromatic nitrogens is 2. The van der Waals surface area contributed by atoms with Gasteiger partial charge in [-0.15, -0.1) is 0 Å². The Morgan fingerprint density at radius 1 is 1.22 bits per heavy atom. The summed E-state index contributed by atoms with van der Waals surface area (Å²) in [4.78, 5) is 9.00. The van der Waals surface area contributed by atoms with Gasteiger partial charge in [-0.1, -0.05) is 37.8 Å². The van der Waals surface area contributed by atoms with Crippen LogP contribution in [0.4, 0.5) is 0 Å². The highest BCUT2D eigenvalue weighted by molar-refractivity contribution is 7.99. The predicted molar refractivity (Wildman–Crippen MR) is 79.3 cm³/mol. The quantitative estimate of drug-likeness (QED) is 0.758. The third-order valence-corrected chi connectivity index (χ3v) is 5.24. The van der Waals surface area contributed by atoms with Gasteiger partial charge < -0.3 is 0 Å². The Morgan fingerprint density at radius 2 is 1.94 bits per heavy atom. The molecule has 0 bridgehead atoms. The summed E-state index contributed by atoms with van der Waals surface area (Å²) in [5.41, 5.74) is 2.12. The number of hydrogen-bond acceptors (Lipinski definition) is 3. The van der Waals surface area contributed by atoms with E-state index in [0.29, 0.717) is 5.15 Å². The summed E-state index contributed by atoms with van der Waals surface area (Å²) in [6.45, 7) is 4.12. The minimum absolute atomic E-state index is 0.643. The van der Waals surface area contributed by atoms with Crippen LogP contribution in [0.25, 0.3) is 0 Å². The fraction of sp³-hybridized carbons (Fsp3) is 0.714. The van der Waals surface area contributed by atoms with E-state index < -0.39 is 0 Å². The van der Waals surface area contributed by atoms with Crippen LogP contribution in [0.15, 0.2) is 0 Å². The second kappa shape index (κ2) is 6.76. The molecule has 0 unspecified atom stereocenters. The summed E-state index contributed by atoms with van der Waals surface area (Å²) >= 11 is 8.19. The summed E-state index contributed by atoms with van der Waals surface area (Å²) < 4.78 is 0. The fourth-order valence-electron chi connectivity index (χ4n) is 2.51. The van der Waals surface area contributed by atoms with Gasteiger partial charge in [-0.3, -0.25) is 0 Å². The van der Waals surface area contributed by atoms with Crippen molar-refractivity contribution in [3.63, 3.8) is 0 Å². The molecule has 0 N–H and O–H groups in total. The van der Waals surface area contributed by atoms with E-state index in [1.165, 1.54) is 32.1 Å². The number of nitrogens with zero attached hydrogens (tertiary/aromatic N) is 2. The van der Waals surface area contributed by atoms with Crippen molar-refractivity contribution in [1.82, 2.24) is 9.97 Å². The van der Waals surface area contributed by atoms with E-state index in [-0.39, 0.29) is 0 Å². The molecule has 0 atom stereocenters. The maximum absolute atomic E-state index is 6.20. The normalized spacial score (nSPS) is 17.1. The number of thioether (sulfide) groups is 1. The molecule has 4 heteroatoms. The SMILES string of the molecule is CCc1c(C)nc(CSC2CCCCC2)nc1Cl. The van der Waals surface area contributed by atoms with Gasteiger partial charge in [-0.25, -0.2) is 9.97 Å². The zero-order chi connectivity index (χ0) is 13.0. The average Bonchev–Trinajstić information content (AvgIpc) is 2.37. The Kier molecular flexibility index (Phi) is 5.31. The standard InChI is InChI=1S/C14H21ClN2S/c1-3-12-10(2)16-13(17-14(12)15)9-18-11-7-5-4-6-8-11/h11H,3-9H2,1-2H3. The first-order chi connectivity index (χ1) is 8.70. The summed E-state index contributed by atoms with van der Waals surface area (Å²) in [5, 5.41) is 1.44. The molecular formula is C14H21ClN2S. The minimum atomic E-state index is 0.643. The monoisotopic (exact) mass is 284 g/mol. The smallest absolute Gasteiger partial charge is 0.140 e. The molecule has 2 rings (SSSR count). The van der Waals surface area contributed by atoms with Crippen LogP contribution < -0.4 is 0 Å². The fourth-order valence-corrected chi connectivity index (χ4v) is 4.06. The lowest BCUT2D eigenvalue weighted by molar-refractivity contribution is 0.516. The minimum Gasteiger partial charge on any atom is -0.237 e. The number of rotatable bonds is 4. The maximum Gasteiger partial charge on any atom is 0.140 e. The number of hydrogen-bond donors (Lipinski definition) is 0. The Bertz CT molecular complexity index is 380. The molecule has 1 aliphatic carbocycles. The van der Waals surface area contributed by atoms with Gasteiger partial charge in [0, 0.05) is 16.5 Å². The Labute approximate surface area is 119 Å². The zero-order valence-electron chi connectivity index (χ0n) is 11.2. The van der Waals surface area contributed by atoms with Gasteiger partial charge in [0.05, 0.1) is 5.75 Å². The third-order valence-electron chi connectivity index (χ3n) is 3.56. The molecule has 0 spiro atoms. The number of halogens is 1. The van der Waals surface area contributed by atoms with Crippen LogP contribution in [0.3, 0.4) is 0 Å². The summed E-state index contributed by atoms with van der Waals surface area (Å²) in [6.07, 6.45) is 7.78. The maximum atomic E-state index is 6.20. The molecule has 0 aromatic carbocycles. The predicted octanol–water partition coefficient (Wildman–Crippen LogP) is 4.57. The molecule has 1 aromatic rings. The molecule has 1 aromatic heterocycles. The first-order valence-corrected chi connectivity index (χ1v) is 8.27. The Morgan fingerprint density at radius 3 is 2.56 bits per heavy atom. The molecule has 2 nitrogen and oxygen atoms in total. The van der Waals surface area contributed by atoms with Gasteiger partial charge in [0.1, 0.15) is 11.0 Å². The Hall–Kier alpha value is -0.280. The molecule has 0 radical (unpaired) electrons. The summed E-state index contributed by atoms with van der Waals surface area (Å²) in [7, 11) is 0. The van der Waals surface area contributed by atoms with Crippen molar-refractivity contribution in [3.05, 3.63) is 22.2 Å². The molecule has 100 valence electrons. The first kappa shape index (κ1) is 14.1. The highest BCUT2D eigenvalue weighted by Crippen LogP contribution is 2.30. The van der Waals surface area contributed by atoms with Crippen molar-refractivity contribution in [1.29, 1.82) is 0 Å². The molecule has 1 aliphatic rings. The molecular weight excluding hydrogens is 264 g/mol. The lowest BCUT2D eigenvalue weighted by atomic mass is 10.0. The van der Waals surface area contributed by atoms with Crippen molar-refractivity contribution in [3.8, 4) is 0 Å². The Balaban J connectivity index is 1.96. The molecule has 0 amide bonds. The van der Waals surface area contributed by atoms with Crippen molar-refractivity contribution in [2.24, 2.45) is 0 Å². The van der Waals surface area contributed by atoms with E-state index in [4.69, 9.17) is 11.6 Å². The van der Waals surface area contributed by atoms with Gasteiger partial charge in [0.2, 0.25) is 0 Å². The van der Waals surface area contributed by atoms with Crippen LogP contribution in [-0.2, 0) is 12.2 Å². The van der Waals surface area contributed by atoms with Gasteiger partial charge >= 0.3 is 0 Å². The van der Waals surface area contributed by atoms with Gasteiger partial charge in [0.15, 0.2) is 0 Å². The molecule has 18 heavy (non-hydrogen) atoms. The van der Waals surface area contributed by atoms with Crippen LogP contribution in [0.5, 0.6) is 0 Å². The third kappa shape index (κ3) is 3.61. The first-order valence-electron chi connectivity index (χ1n) is 6.84. The van der Waals surface area contributed by atoms with E-state index in [9.17, 15) is 0 Å². The second-order valence-corrected chi connectivity index (χ2v) is 6.57. The topological polar surface area (TPSA) is 25.8 Å². The lowest BCUT2D eigenvalue weighted by Gasteiger charge is -2.20. The van der Waals surface area contributed by atoms with E-state index in [1.54, 1.807) is 0 Å². The lowest BCUT2D eigenvalue weighted by Crippen LogP contribution is -2.09. The van der Waals surface area contributed by atoms with E-state index in [2.05, 4.69) is 16.9 Å². The molecule has 1 saturated carbocycles. The summed E-state index contributed by atoms with van der Waals surface area (Å²) in [5.74, 6) is 1.79. The van der Waals surface area contributed by atoms with Crippen molar-refractivity contribution < 1.29 is 0 Å². The van der Waals surface area contributed by atoms with Gasteiger partial charge in [-0.05, 0) is 26.2 Å². The van der Waals surface area contributed by atoms with Crippen LogP contribution in [0, 0.1) is 6.92 Å². The second-order valence-electron chi connectivity index (χ2n) is 4.92. The largest absolute Gasteiger partial charge is 0.237 e. The van der Waals surface area contributed by atoms with E-state index in [1.807, 2.05) is 18.7 Å². The van der Waals surface area contributed by atoms with Crippen LogP contribution in [0.1, 0.15) is 56.1 Å². The molecule has 0 saturated heterocycles. The van der Waals surface area contributed by atoms with Crippen LogP contribution in [-0.4, -0.2) is 15.2 Å². The highest BCUT2D eigenvalue weighted by Gasteiger charge is 2.15. The van der Waals surface area contributed by atoms with E-state index in [0.717, 1.165) is 34.5 Å². The summed E-state index contributed by atoms with van der Waals surface area (Å²) in [6, 6.07) is 0. The molecule has 1 fully saturated rings. The average molecular weight is 285 g/mol. The van der Waals surface area contributed by atoms with Crippen molar-refractivity contribution >= 4 is 23.4 Å². The van der Waals surface area contributed by atoms with Crippen molar-refractivity contribution in [2.45, 2.75) is 63.4 Å². The van der Waals surface area contributed by atoms with Gasteiger partial charge in [0.25, 0.3) is 0 Å². The van der Waals surface area contributed by atoms with Gasteiger partial charge in [-0.2, -0.15) is 11.8 Å². The van der Waals surface area contributed by atoms with E-state index >= 15 is 0 Å². The number of aryl methyl sites for hydroxylation is 1. The molecule has 0 aliphatic heterocycles. The van der Waals surface area contributed by atoms with Crippen LogP contribution in [0.2, 0.25) is 5.15 Å².